The molecule has 0 amide bonds. The molecule has 2 aromatic rings. The topological polar surface area (TPSA) is 94.0 Å². The molecule has 0 bridgehead atoms. The number of carboxylic acid groups (broad SMARTS) is 1. The number of alkyl halides is 3. The summed E-state index contributed by atoms with van der Waals surface area (Å²) in [5.41, 5.74) is 4.14. The van der Waals surface area contributed by atoms with E-state index >= 15 is 0 Å². The number of anilines is 1. The number of nitrogen functional groups attached to an aromatic ring is 1. The van der Waals surface area contributed by atoms with E-state index in [0.717, 1.165) is 16.9 Å². The van der Waals surface area contributed by atoms with Crippen LogP contribution in [-0.4, -0.2) is 25.8 Å². The van der Waals surface area contributed by atoms with Gasteiger partial charge >= 0.3 is 12.1 Å². The van der Waals surface area contributed by atoms with Gasteiger partial charge in [0.15, 0.2) is 5.82 Å². The predicted molar refractivity (Wildman–Crippen MR) is 57.7 cm³/mol. The van der Waals surface area contributed by atoms with Crippen molar-refractivity contribution in [2.45, 2.75) is 6.18 Å². The molecule has 0 aromatic carbocycles. The van der Waals surface area contributed by atoms with Crippen LogP contribution in [-0.2, 0) is 6.18 Å². The van der Waals surface area contributed by atoms with E-state index in [1.165, 1.54) is 0 Å². The molecule has 9 heteroatoms. The zero-order valence-electron chi connectivity index (χ0n) is 9.22. The van der Waals surface area contributed by atoms with Crippen LogP contribution in [0.15, 0.2) is 24.7 Å². The van der Waals surface area contributed by atoms with E-state index in [1.54, 1.807) is 0 Å². The van der Waals surface area contributed by atoms with E-state index in [9.17, 15) is 18.0 Å². The van der Waals surface area contributed by atoms with Crippen molar-refractivity contribution in [1.29, 1.82) is 0 Å². The number of carbonyl (C=O) groups is 1. The minimum Gasteiger partial charge on any atom is -0.478 e. The zero-order chi connectivity index (χ0) is 14.2. The number of hydrogen-bond donors (Lipinski definition) is 2. The number of pyridine rings is 1. The molecule has 19 heavy (non-hydrogen) atoms. The second-order valence-corrected chi connectivity index (χ2v) is 3.62. The van der Waals surface area contributed by atoms with Crippen LogP contribution in [0.1, 0.15) is 15.9 Å². The molecule has 0 aliphatic carbocycles. The molecule has 2 rings (SSSR count). The van der Waals surface area contributed by atoms with Gasteiger partial charge in [0, 0.05) is 6.20 Å². The molecule has 0 aliphatic rings. The van der Waals surface area contributed by atoms with Gasteiger partial charge in [0.1, 0.15) is 5.56 Å². The number of halogens is 3. The smallest absolute Gasteiger partial charge is 0.419 e. The van der Waals surface area contributed by atoms with Crippen LogP contribution in [0.2, 0.25) is 0 Å². The van der Waals surface area contributed by atoms with Gasteiger partial charge in [-0.15, -0.1) is 0 Å². The fourth-order valence-electron chi connectivity index (χ4n) is 1.40. The Hall–Kier alpha value is -2.58. The lowest BCUT2D eigenvalue weighted by Crippen LogP contribution is -2.09. The number of rotatable bonds is 2. The third kappa shape index (κ3) is 2.49. The monoisotopic (exact) mass is 272 g/mol. The Balaban J connectivity index is 2.53. The van der Waals surface area contributed by atoms with Crippen LogP contribution in [0.4, 0.5) is 18.9 Å². The molecular formula is C10H7F3N4O2. The first-order valence-corrected chi connectivity index (χ1v) is 4.90. The Morgan fingerprint density at radius 1 is 1.37 bits per heavy atom. The highest BCUT2D eigenvalue weighted by Gasteiger charge is 2.32. The van der Waals surface area contributed by atoms with Crippen molar-refractivity contribution in [2.24, 2.45) is 0 Å². The van der Waals surface area contributed by atoms with E-state index in [-0.39, 0.29) is 17.1 Å². The SMILES string of the molecule is Nc1cnc(-n2cc(C(F)(F)F)cn2)c(C(=O)O)c1. The maximum absolute atomic E-state index is 12.4. The zero-order valence-corrected chi connectivity index (χ0v) is 9.22. The third-order valence-corrected chi connectivity index (χ3v) is 2.25. The standard InChI is InChI=1S/C10H7F3N4O2/c11-10(12,13)5-2-16-17(4-5)8-7(9(18)19)1-6(14)3-15-8/h1-4H,14H2,(H,18,19). The predicted octanol–water partition coefficient (Wildman–Crippen LogP) is 1.57. The third-order valence-electron chi connectivity index (χ3n) is 2.25. The summed E-state index contributed by atoms with van der Waals surface area (Å²) < 4.78 is 38.0. The quantitative estimate of drug-likeness (QED) is 0.865. The van der Waals surface area contributed by atoms with Crippen LogP contribution in [0.3, 0.4) is 0 Å². The molecule has 0 aliphatic heterocycles. The first kappa shape index (κ1) is 12.9. The molecule has 0 saturated carbocycles. The van der Waals surface area contributed by atoms with E-state index in [0.29, 0.717) is 12.4 Å². The molecule has 0 spiro atoms. The summed E-state index contributed by atoms with van der Waals surface area (Å²) in [6, 6.07) is 1.10. The average Bonchev–Trinajstić information content (AvgIpc) is 2.77. The molecule has 6 nitrogen and oxygen atoms in total. The number of aromatic nitrogens is 3. The van der Waals surface area contributed by atoms with E-state index in [2.05, 4.69) is 10.1 Å². The molecule has 0 atom stereocenters. The van der Waals surface area contributed by atoms with Crippen LogP contribution in [0, 0.1) is 0 Å². The van der Waals surface area contributed by atoms with Crippen LogP contribution in [0.25, 0.3) is 5.82 Å². The molecule has 0 fully saturated rings. The van der Waals surface area contributed by atoms with Gasteiger partial charge in [0.2, 0.25) is 0 Å². The summed E-state index contributed by atoms with van der Waals surface area (Å²) in [5.74, 6) is -1.60. The fourth-order valence-corrected chi connectivity index (χ4v) is 1.40. The minimum atomic E-state index is -4.56. The summed E-state index contributed by atoms with van der Waals surface area (Å²) in [6.45, 7) is 0. The highest BCUT2D eigenvalue weighted by Crippen LogP contribution is 2.29. The highest BCUT2D eigenvalue weighted by molar-refractivity contribution is 5.92. The first-order chi connectivity index (χ1) is 8.79. The summed E-state index contributed by atoms with van der Waals surface area (Å²) in [4.78, 5) is 14.7. The summed E-state index contributed by atoms with van der Waals surface area (Å²) in [6.07, 6.45) is -2.18. The molecule has 100 valence electrons. The molecule has 3 N–H and O–H groups in total. The number of nitrogens with two attached hydrogens (primary N) is 1. The van der Waals surface area contributed by atoms with Gasteiger partial charge in [-0.2, -0.15) is 18.3 Å². The molecule has 0 saturated heterocycles. The van der Waals surface area contributed by atoms with Crippen molar-refractivity contribution < 1.29 is 23.1 Å². The van der Waals surface area contributed by atoms with Crippen molar-refractivity contribution in [3.8, 4) is 5.82 Å². The Labute approximate surface area is 104 Å². The second-order valence-electron chi connectivity index (χ2n) is 3.62. The Kier molecular flexibility index (Phi) is 2.89. The van der Waals surface area contributed by atoms with Gasteiger partial charge in [-0.25, -0.2) is 14.5 Å². The van der Waals surface area contributed by atoms with E-state index in [1.807, 2.05) is 0 Å². The van der Waals surface area contributed by atoms with Crippen molar-refractivity contribution >= 4 is 11.7 Å². The van der Waals surface area contributed by atoms with Crippen LogP contribution in [0.5, 0.6) is 0 Å². The molecule has 0 unspecified atom stereocenters. The first-order valence-electron chi connectivity index (χ1n) is 4.90. The van der Waals surface area contributed by atoms with Gasteiger partial charge in [0.25, 0.3) is 0 Å². The lowest BCUT2D eigenvalue weighted by molar-refractivity contribution is -0.137. The number of carboxylic acids is 1. The summed E-state index contributed by atoms with van der Waals surface area (Å²) >= 11 is 0. The van der Waals surface area contributed by atoms with Crippen molar-refractivity contribution in [3.63, 3.8) is 0 Å². The van der Waals surface area contributed by atoms with Crippen LogP contribution >= 0.6 is 0 Å². The average molecular weight is 272 g/mol. The lowest BCUT2D eigenvalue weighted by atomic mass is 10.2. The van der Waals surface area contributed by atoms with Crippen molar-refractivity contribution in [3.05, 3.63) is 35.8 Å². The van der Waals surface area contributed by atoms with E-state index in [4.69, 9.17) is 10.8 Å². The summed E-state index contributed by atoms with van der Waals surface area (Å²) in [5, 5.41) is 12.4. The highest BCUT2D eigenvalue weighted by atomic mass is 19.4. The number of aromatic carboxylic acids is 1. The number of nitrogens with zero attached hydrogens (tertiary/aromatic N) is 3. The fraction of sp³-hybridized carbons (Fsp3) is 0.100. The van der Waals surface area contributed by atoms with Crippen molar-refractivity contribution in [2.75, 3.05) is 5.73 Å². The molecular weight excluding hydrogens is 265 g/mol. The summed E-state index contributed by atoms with van der Waals surface area (Å²) in [7, 11) is 0. The van der Waals surface area contributed by atoms with Gasteiger partial charge in [-0.1, -0.05) is 0 Å². The Morgan fingerprint density at radius 2 is 2.05 bits per heavy atom. The van der Waals surface area contributed by atoms with Gasteiger partial charge in [0.05, 0.1) is 23.6 Å². The molecule has 0 radical (unpaired) electrons. The molecule has 2 heterocycles. The van der Waals surface area contributed by atoms with Crippen molar-refractivity contribution in [1.82, 2.24) is 14.8 Å². The molecule has 2 aromatic heterocycles. The minimum absolute atomic E-state index is 0.0874. The Morgan fingerprint density at radius 3 is 2.58 bits per heavy atom. The van der Waals surface area contributed by atoms with Gasteiger partial charge in [-0.3, -0.25) is 0 Å². The van der Waals surface area contributed by atoms with Gasteiger partial charge < -0.3 is 10.8 Å². The largest absolute Gasteiger partial charge is 0.478 e. The van der Waals surface area contributed by atoms with Gasteiger partial charge in [-0.05, 0) is 6.07 Å². The lowest BCUT2D eigenvalue weighted by Gasteiger charge is -2.06. The van der Waals surface area contributed by atoms with E-state index < -0.39 is 17.7 Å². The second kappa shape index (κ2) is 4.26. The number of hydrogen-bond acceptors (Lipinski definition) is 4. The maximum atomic E-state index is 12.4. The Bertz CT molecular complexity index is 636. The maximum Gasteiger partial charge on any atom is 0.419 e. The van der Waals surface area contributed by atoms with Crippen LogP contribution < -0.4 is 5.73 Å². The normalized spacial score (nSPS) is 11.5.